The third kappa shape index (κ3) is 3.75. The first-order chi connectivity index (χ1) is 12.6. The molecule has 0 saturated carbocycles. The zero-order chi connectivity index (χ0) is 19.9. The maximum Gasteiger partial charge on any atom is 0.345 e. The second-order valence-electron chi connectivity index (χ2n) is 7.25. The van der Waals surface area contributed by atoms with Crippen LogP contribution in [0.3, 0.4) is 0 Å². The highest BCUT2D eigenvalue weighted by Crippen LogP contribution is 2.28. The topological polar surface area (TPSA) is 112 Å². The first kappa shape index (κ1) is 18.8. The molecule has 0 fully saturated rings. The predicted octanol–water partition coefficient (Wildman–Crippen LogP) is 3.54. The summed E-state index contributed by atoms with van der Waals surface area (Å²) in [6, 6.07) is 6.63. The third-order valence-electron chi connectivity index (χ3n) is 4.02. The average Bonchev–Trinajstić information content (AvgIpc) is 2.96. The summed E-state index contributed by atoms with van der Waals surface area (Å²) >= 11 is 1.16. The van der Waals surface area contributed by atoms with Gasteiger partial charge < -0.3 is 15.4 Å². The number of carboxylic acids is 1. The molecule has 140 valence electrons. The molecule has 0 bridgehead atoms. The van der Waals surface area contributed by atoms with Crippen LogP contribution >= 0.6 is 11.3 Å². The minimum Gasteiger partial charge on any atom is -0.477 e. The number of nitrogens with zero attached hydrogens (tertiary/aromatic N) is 1. The highest BCUT2D eigenvalue weighted by Gasteiger charge is 2.22. The number of amides is 1. The molecule has 1 amide bonds. The van der Waals surface area contributed by atoms with E-state index in [1.807, 2.05) is 20.8 Å². The number of aryl methyl sites for hydroxylation is 1. The number of aromatic amines is 1. The number of aromatic nitrogens is 2. The van der Waals surface area contributed by atoms with Crippen molar-refractivity contribution in [1.82, 2.24) is 9.97 Å². The first-order valence-electron chi connectivity index (χ1n) is 8.26. The van der Waals surface area contributed by atoms with E-state index in [9.17, 15) is 14.4 Å². The van der Waals surface area contributed by atoms with Gasteiger partial charge in [0.25, 0.3) is 11.5 Å². The van der Waals surface area contributed by atoms with E-state index in [0.29, 0.717) is 22.6 Å². The number of carbonyl (C=O) groups excluding carboxylic acids is 1. The molecule has 0 radical (unpaired) electrons. The predicted molar refractivity (Wildman–Crippen MR) is 105 cm³/mol. The van der Waals surface area contributed by atoms with Gasteiger partial charge in [0.15, 0.2) is 0 Å². The van der Waals surface area contributed by atoms with E-state index in [4.69, 9.17) is 5.11 Å². The van der Waals surface area contributed by atoms with Gasteiger partial charge in [0.05, 0.1) is 5.69 Å². The van der Waals surface area contributed by atoms with E-state index in [2.05, 4.69) is 15.3 Å². The molecule has 0 spiro atoms. The fourth-order valence-corrected chi connectivity index (χ4v) is 3.51. The second kappa shape index (κ2) is 6.62. The van der Waals surface area contributed by atoms with Crippen molar-refractivity contribution in [2.24, 2.45) is 0 Å². The van der Waals surface area contributed by atoms with Crippen molar-refractivity contribution in [3.8, 4) is 0 Å². The summed E-state index contributed by atoms with van der Waals surface area (Å²) in [7, 11) is 0. The van der Waals surface area contributed by atoms with Gasteiger partial charge in [-0.25, -0.2) is 9.78 Å². The SMILES string of the molecule is Cc1nc(C(C)(C)C)[nH]c(=O)c1C(=O)Nc1ccc2sc(C(=O)O)cc2c1. The van der Waals surface area contributed by atoms with Crippen LogP contribution < -0.4 is 10.9 Å². The molecule has 2 heterocycles. The van der Waals surface area contributed by atoms with Crippen molar-refractivity contribution in [3.63, 3.8) is 0 Å². The molecule has 0 saturated heterocycles. The first-order valence-corrected chi connectivity index (χ1v) is 9.07. The Morgan fingerprint density at radius 2 is 1.93 bits per heavy atom. The summed E-state index contributed by atoms with van der Waals surface area (Å²) in [6.45, 7) is 7.39. The van der Waals surface area contributed by atoms with Gasteiger partial charge >= 0.3 is 5.97 Å². The maximum atomic E-state index is 12.6. The monoisotopic (exact) mass is 385 g/mol. The number of fused-ring (bicyclic) bond motifs is 1. The molecule has 3 aromatic rings. The minimum atomic E-state index is -0.992. The molecule has 1 aromatic carbocycles. The second-order valence-corrected chi connectivity index (χ2v) is 8.33. The van der Waals surface area contributed by atoms with Gasteiger partial charge in [0, 0.05) is 15.8 Å². The lowest BCUT2D eigenvalue weighted by molar-refractivity contribution is 0.0702. The van der Waals surface area contributed by atoms with E-state index in [1.54, 1.807) is 31.2 Å². The number of anilines is 1. The molecule has 3 N–H and O–H groups in total. The lowest BCUT2D eigenvalue weighted by atomic mass is 9.95. The van der Waals surface area contributed by atoms with Gasteiger partial charge in [-0.05, 0) is 36.6 Å². The minimum absolute atomic E-state index is 0.0420. The summed E-state index contributed by atoms with van der Waals surface area (Å²) in [5, 5.41) is 12.5. The van der Waals surface area contributed by atoms with Gasteiger partial charge in [0.2, 0.25) is 0 Å². The van der Waals surface area contributed by atoms with Crippen molar-refractivity contribution in [2.75, 3.05) is 5.32 Å². The van der Waals surface area contributed by atoms with Crippen LogP contribution in [0.5, 0.6) is 0 Å². The number of nitrogens with one attached hydrogen (secondary N) is 2. The number of aromatic carboxylic acids is 1. The van der Waals surface area contributed by atoms with Crippen molar-refractivity contribution >= 4 is 39.0 Å². The Balaban J connectivity index is 1.92. The van der Waals surface area contributed by atoms with Gasteiger partial charge in [-0.15, -0.1) is 11.3 Å². The molecule has 2 aromatic heterocycles. The number of carboxylic acid groups (broad SMARTS) is 1. The molecule has 3 rings (SSSR count). The molecule has 0 unspecified atom stereocenters. The van der Waals surface area contributed by atoms with E-state index >= 15 is 0 Å². The Morgan fingerprint density at radius 1 is 1.22 bits per heavy atom. The number of hydrogen-bond acceptors (Lipinski definition) is 5. The van der Waals surface area contributed by atoms with Crippen molar-refractivity contribution in [2.45, 2.75) is 33.1 Å². The third-order valence-corrected chi connectivity index (χ3v) is 5.13. The van der Waals surface area contributed by atoms with E-state index in [1.165, 1.54) is 0 Å². The van der Waals surface area contributed by atoms with Crippen LogP contribution in [0.4, 0.5) is 5.69 Å². The molecular weight excluding hydrogens is 366 g/mol. The number of rotatable bonds is 3. The molecule has 0 atom stereocenters. The van der Waals surface area contributed by atoms with Crippen LogP contribution in [0.2, 0.25) is 0 Å². The van der Waals surface area contributed by atoms with Crippen LogP contribution in [-0.4, -0.2) is 27.0 Å². The van der Waals surface area contributed by atoms with Gasteiger partial charge in [-0.2, -0.15) is 0 Å². The van der Waals surface area contributed by atoms with E-state index < -0.39 is 17.4 Å². The van der Waals surface area contributed by atoms with Crippen molar-refractivity contribution < 1.29 is 14.7 Å². The Bertz CT molecular complexity index is 1120. The average molecular weight is 385 g/mol. The highest BCUT2D eigenvalue weighted by atomic mass is 32.1. The largest absolute Gasteiger partial charge is 0.477 e. The van der Waals surface area contributed by atoms with E-state index in [-0.39, 0.29) is 15.9 Å². The van der Waals surface area contributed by atoms with Gasteiger partial charge in [-0.3, -0.25) is 9.59 Å². The number of hydrogen-bond donors (Lipinski definition) is 3. The fourth-order valence-electron chi connectivity index (χ4n) is 2.63. The van der Waals surface area contributed by atoms with Crippen LogP contribution in [0.15, 0.2) is 29.1 Å². The quantitative estimate of drug-likeness (QED) is 0.638. The van der Waals surface area contributed by atoms with Crippen LogP contribution in [0, 0.1) is 6.92 Å². The Hall–Kier alpha value is -3.00. The van der Waals surface area contributed by atoms with Crippen LogP contribution in [0.1, 0.15) is 52.3 Å². The molecule has 27 heavy (non-hydrogen) atoms. The summed E-state index contributed by atoms with van der Waals surface area (Å²) in [5.74, 6) is -1.04. The summed E-state index contributed by atoms with van der Waals surface area (Å²) in [4.78, 5) is 43.4. The zero-order valence-electron chi connectivity index (χ0n) is 15.3. The number of thiophene rings is 1. The molecule has 7 nitrogen and oxygen atoms in total. The lowest BCUT2D eigenvalue weighted by Crippen LogP contribution is -2.30. The van der Waals surface area contributed by atoms with E-state index in [0.717, 1.165) is 16.0 Å². The number of benzene rings is 1. The highest BCUT2D eigenvalue weighted by molar-refractivity contribution is 7.20. The van der Waals surface area contributed by atoms with Crippen molar-refractivity contribution in [3.05, 3.63) is 56.6 Å². The molecule has 0 aliphatic heterocycles. The molecular formula is C19H19N3O4S. The summed E-state index contributed by atoms with van der Waals surface area (Å²) in [5.41, 5.74) is -0.0497. The summed E-state index contributed by atoms with van der Waals surface area (Å²) in [6.07, 6.45) is 0. The Morgan fingerprint density at radius 3 is 2.52 bits per heavy atom. The molecule has 8 heteroatoms. The number of carbonyl (C=O) groups is 2. The van der Waals surface area contributed by atoms with Gasteiger partial charge in [-0.1, -0.05) is 20.8 Å². The molecule has 0 aliphatic carbocycles. The van der Waals surface area contributed by atoms with Gasteiger partial charge in [0.1, 0.15) is 16.3 Å². The number of H-pyrrole nitrogens is 1. The summed E-state index contributed by atoms with van der Waals surface area (Å²) < 4.78 is 0.802. The normalized spacial score (nSPS) is 11.6. The lowest BCUT2D eigenvalue weighted by Gasteiger charge is -2.18. The van der Waals surface area contributed by atoms with Crippen molar-refractivity contribution in [1.29, 1.82) is 0 Å². The zero-order valence-corrected chi connectivity index (χ0v) is 16.2. The maximum absolute atomic E-state index is 12.6. The Labute approximate surface area is 159 Å². The standard InChI is InChI=1S/C19H19N3O4S/c1-9-14(16(24)22-18(20-9)19(2,3)4)15(23)21-11-5-6-12-10(7-11)8-13(27-12)17(25)26/h5-8H,1-4H3,(H,21,23)(H,25,26)(H,20,22,24). The molecule has 0 aliphatic rings. The fraction of sp³-hybridized carbons (Fsp3) is 0.263. The smallest absolute Gasteiger partial charge is 0.345 e. The van der Waals surface area contributed by atoms with Crippen LogP contribution in [-0.2, 0) is 5.41 Å². The Kier molecular flexibility index (Phi) is 4.61. The van der Waals surface area contributed by atoms with Crippen LogP contribution in [0.25, 0.3) is 10.1 Å².